The van der Waals surface area contributed by atoms with Gasteiger partial charge in [0.15, 0.2) is 0 Å². The third-order valence-electron chi connectivity index (χ3n) is 5.34. The second-order valence-electron chi connectivity index (χ2n) is 7.75. The summed E-state index contributed by atoms with van der Waals surface area (Å²) >= 11 is 0. The zero-order valence-electron chi connectivity index (χ0n) is 18.3. The molecule has 172 valence electrons. The summed E-state index contributed by atoms with van der Waals surface area (Å²) in [5.74, 6) is 0.209. The molecular weight excluding hydrogens is 435 g/mol. The summed E-state index contributed by atoms with van der Waals surface area (Å²) in [6, 6.07) is 11.0. The predicted octanol–water partition coefficient (Wildman–Crippen LogP) is 5.12. The minimum atomic E-state index is -4.58. The number of carbonyl (C=O) groups is 1. The molecule has 0 aliphatic rings. The van der Waals surface area contributed by atoms with Crippen molar-refractivity contribution in [1.82, 2.24) is 15.1 Å². The summed E-state index contributed by atoms with van der Waals surface area (Å²) in [5.41, 5.74) is 2.12. The number of nitrogens with zero attached hydrogens (tertiary/aromatic N) is 2. The molecule has 0 saturated carbocycles. The smallest absolute Gasteiger partial charge is 0.416 e. The first-order valence-electron chi connectivity index (χ1n) is 10.2. The second kappa shape index (κ2) is 8.65. The number of amides is 1. The summed E-state index contributed by atoms with van der Waals surface area (Å²) in [4.78, 5) is 12.5. The van der Waals surface area contributed by atoms with Crippen LogP contribution in [0.1, 0.15) is 28.1 Å². The Bertz CT molecular complexity index is 1320. The van der Waals surface area contributed by atoms with Crippen molar-refractivity contribution in [2.45, 2.75) is 33.0 Å². The quantitative estimate of drug-likeness (QED) is 0.436. The third-order valence-corrected chi connectivity index (χ3v) is 5.34. The number of halogens is 3. The second-order valence-corrected chi connectivity index (χ2v) is 7.75. The lowest BCUT2D eigenvalue weighted by Gasteiger charge is -2.16. The van der Waals surface area contributed by atoms with Crippen molar-refractivity contribution in [3.05, 3.63) is 76.8 Å². The van der Waals surface area contributed by atoms with Crippen molar-refractivity contribution in [3.63, 3.8) is 0 Å². The Morgan fingerprint density at radius 3 is 2.58 bits per heavy atom. The molecule has 0 spiro atoms. The number of hydrogen-bond acceptors (Lipinski definition) is 4. The van der Waals surface area contributed by atoms with Crippen LogP contribution in [0.2, 0.25) is 0 Å². The van der Waals surface area contributed by atoms with Crippen molar-refractivity contribution >= 4 is 16.9 Å². The summed E-state index contributed by atoms with van der Waals surface area (Å²) < 4.78 is 53.3. The van der Waals surface area contributed by atoms with Gasteiger partial charge in [0.05, 0.1) is 36.7 Å². The van der Waals surface area contributed by atoms with Gasteiger partial charge in [0.1, 0.15) is 11.3 Å². The molecule has 1 N–H and O–H groups in total. The number of ether oxygens (including phenoxy) is 1. The van der Waals surface area contributed by atoms with E-state index in [2.05, 4.69) is 10.4 Å². The molecule has 2 heterocycles. The highest BCUT2D eigenvalue weighted by molar-refractivity contribution is 5.88. The van der Waals surface area contributed by atoms with Crippen LogP contribution >= 0.6 is 0 Å². The van der Waals surface area contributed by atoms with E-state index >= 15 is 0 Å². The highest BCUT2D eigenvalue weighted by Crippen LogP contribution is 2.34. The Morgan fingerprint density at radius 1 is 1.12 bits per heavy atom. The number of alkyl halides is 3. The Morgan fingerprint density at radius 2 is 1.91 bits per heavy atom. The molecule has 0 aliphatic heterocycles. The maximum Gasteiger partial charge on any atom is 0.416 e. The molecule has 0 radical (unpaired) electrons. The molecule has 0 unspecified atom stereocenters. The van der Waals surface area contributed by atoms with Crippen LogP contribution in [0.5, 0.6) is 5.75 Å². The number of carbonyl (C=O) groups excluding carboxylic acids is 1. The summed E-state index contributed by atoms with van der Waals surface area (Å²) in [6.45, 7) is 3.30. The molecule has 0 atom stereocenters. The molecule has 1 amide bonds. The molecule has 2 aromatic carbocycles. The Hall–Kier alpha value is -3.75. The zero-order chi connectivity index (χ0) is 23.8. The van der Waals surface area contributed by atoms with Crippen molar-refractivity contribution < 1.29 is 27.1 Å². The Labute approximate surface area is 188 Å². The van der Waals surface area contributed by atoms with Crippen LogP contribution in [0.15, 0.2) is 53.1 Å². The number of methoxy groups -OCH3 is 1. The van der Waals surface area contributed by atoms with E-state index < -0.39 is 17.6 Å². The maximum absolute atomic E-state index is 13.8. The number of furan rings is 1. The van der Waals surface area contributed by atoms with Crippen LogP contribution in [-0.2, 0) is 23.9 Å². The van der Waals surface area contributed by atoms with E-state index in [0.717, 1.165) is 17.1 Å². The van der Waals surface area contributed by atoms with Crippen molar-refractivity contribution in [3.8, 4) is 11.4 Å². The Kier molecular flexibility index (Phi) is 5.88. The highest BCUT2D eigenvalue weighted by Gasteiger charge is 2.34. The summed E-state index contributed by atoms with van der Waals surface area (Å²) in [7, 11) is 1.54. The topological polar surface area (TPSA) is 69.3 Å². The summed E-state index contributed by atoms with van der Waals surface area (Å²) in [5, 5.41) is 7.58. The number of hydrogen-bond donors (Lipinski definition) is 1. The molecule has 0 bridgehead atoms. The number of aromatic nitrogens is 2. The van der Waals surface area contributed by atoms with Gasteiger partial charge in [-0.05, 0) is 49.7 Å². The fourth-order valence-electron chi connectivity index (χ4n) is 3.76. The van der Waals surface area contributed by atoms with Gasteiger partial charge in [0, 0.05) is 29.3 Å². The zero-order valence-corrected chi connectivity index (χ0v) is 18.3. The van der Waals surface area contributed by atoms with Crippen LogP contribution in [0.25, 0.3) is 16.7 Å². The molecule has 0 aliphatic carbocycles. The molecule has 4 aromatic rings. The average Bonchev–Trinajstić information content (AvgIpc) is 3.33. The average molecular weight is 457 g/mol. The third kappa shape index (κ3) is 4.72. The lowest BCUT2D eigenvalue weighted by molar-refractivity contribution is -0.138. The Balaban J connectivity index is 1.51. The van der Waals surface area contributed by atoms with Crippen molar-refractivity contribution in [1.29, 1.82) is 0 Å². The van der Waals surface area contributed by atoms with Gasteiger partial charge in [-0.25, -0.2) is 4.68 Å². The molecule has 0 saturated heterocycles. The molecule has 33 heavy (non-hydrogen) atoms. The molecule has 0 fully saturated rings. The molecule has 9 heteroatoms. The number of aryl methyl sites for hydroxylation is 2. The molecule has 6 nitrogen and oxygen atoms in total. The predicted molar refractivity (Wildman–Crippen MR) is 116 cm³/mol. The fraction of sp³-hybridized carbons (Fsp3) is 0.250. The van der Waals surface area contributed by atoms with Gasteiger partial charge in [0.2, 0.25) is 5.91 Å². The van der Waals surface area contributed by atoms with E-state index in [9.17, 15) is 18.0 Å². The van der Waals surface area contributed by atoms with Crippen LogP contribution in [0.3, 0.4) is 0 Å². The van der Waals surface area contributed by atoms with Gasteiger partial charge in [-0.3, -0.25) is 4.79 Å². The van der Waals surface area contributed by atoms with Crippen LogP contribution in [0, 0.1) is 13.8 Å². The first-order chi connectivity index (χ1) is 15.7. The van der Waals surface area contributed by atoms with E-state index in [1.54, 1.807) is 44.2 Å². The first kappa shape index (κ1) is 22.4. The standard InChI is InChI=1S/C24H22F3N3O3/c1-14-8-15(2)30(29-14)18-5-4-16(21(10-18)24(25,26)27)12-28-23(31)9-17-13-33-22-11-19(32-3)6-7-20(17)22/h4-8,10-11,13H,9,12H2,1-3H3,(H,28,31). The summed E-state index contributed by atoms with van der Waals surface area (Å²) in [6.07, 6.45) is -3.13. The van der Waals surface area contributed by atoms with Gasteiger partial charge in [-0.1, -0.05) is 6.07 Å². The minimum Gasteiger partial charge on any atom is -0.497 e. The number of benzene rings is 2. The molecule has 4 rings (SSSR count). The highest BCUT2D eigenvalue weighted by atomic mass is 19.4. The maximum atomic E-state index is 13.8. The number of rotatable bonds is 6. The number of fused-ring (bicyclic) bond motifs is 1. The van der Waals surface area contributed by atoms with E-state index in [1.165, 1.54) is 24.1 Å². The lowest BCUT2D eigenvalue weighted by atomic mass is 10.1. The number of nitrogens with one attached hydrogen (secondary N) is 1. The normalized spacial score (nSPS) is 11.7. The van der Waals surface area contributed by atoms with Gasteiger partial charge in [0.25, 0.3) is 0 Å². The van der Waals surface area contributed by atoms with Crippen LogP contribution in [0.4, 0.5) is 13.2 Å². The largest absolute Gasteiger partial charge is 0.497 e. The van der Waals surface area contributed by atoms with Gasteiger partial charge in [-0.15, -0.1) is 0 Å². The van der Waals surface area contributed by atoms with E-state index in [0.29, 0.717) is 28.3 Å². The van der Waals surface area contributed by atoms with Gasteiger partial charge < -0.3 is 14.5 Å². The first-order valence-corrected chi connectivity index (χ1v) is 10.2. The fourth-order valence-corrected chi connectivity index (χ4v) is 3.76. The van der Waals surface area contributed by atoms with E-state index in [4.69, 9.17) is 9.15 Å². The van der Waals surface area contributed by atoms with Crippen LogP contribution < -0.4 is 10.1 Å². The van der Waals surface area contributed by atoms with E-state index in [-0.39, 0.29) is 18.5 Å². The van der Waals surface area contributed by atoms with Gasteiger partial charge in [-0.2, -0.15) is 18.3 Å². The minimum absolute atomic E-state index is 0.0233. The lowest BCUT2D eigenvalue weighted by Crippen LogP contribution is -2.26. The van der Waals surface area contributed by atoms with E-state index in [1.807, 2.05) is 0 Å². The van der Waals surface area contributed by atoms with Crippen molar-refractivity contribution in [2.75, 3.05) is 7.11 Å². The van der Waals surface area contributed by atoms with Crippen LogP contribution in [-0.4, -0.2) is 22.8 Å². The van der Waals surface area contributed by atoms with Gasteiger partial charge >= 0.3 is 6.18 Å². The molecule has 2 aromatic heterocycles. The monoisotopic (exact) mass is 457 g/mol. The SMILES string of the molecule is COc1ccc2c(CC(=O)NCc3ccc(-n4nc(C)cc4C)cc3C(F)(F)F)coc2c1. The molecular formula is C24H22F3N3O3. The van der Waals surface area contributed by atoms with Crippen molar-refractivity contribution in [2.24, 2.45) is 0 Å².